The molecule has 3 heterocycles. The van der Waals surface area contributed by atoms with Crippen molar-refractivity contribution in [3.8, 4) is 11.3 Å². The largest absolute Gasteiger partial charge is 0.548 e. The lowest BCUT2D eigenvalue weighted by atomic mass is 9.96. The van der Waals surface area contributed by atoms with Crippen molar-refractivity contribution in [3.63, 3.8) is 0 Å². The maximum Gasteiger partial charge on any atom is 0.249 e. The van der Waals surface area contributed by atoms with Gasteiger partial charge in [0, 0.05) is 16.4 Å². The third-order valence-electron chi connectivity index (χ3n) is 4.93. The van der Waals surface area contributed by atoms with E-state index >= 15 is 0 Å². The lowest BCUT2D eigenvalue weighted by Crippen LogP contribution is -2.69. The summed E-state index contributed by atoms with van der Waals surface area (Å²) < 4.78 is -0.610. The molecule has 0 radical (unpaired) electrons. The molecule has 0 saturated carbocycles. The number of anilines is 1. The van der Waals surface area contributed by atoms with Crippen LogP contribution >= 0.6 is 23.5 Å². The van der Waals surface area contributed by atoms with E-state index in [2.05, 4.69) is 15.3 Å². The number of carbonyl (C=O) groups is 2. The molecule has 0 aliphatic carbocycles. The lowest BCUT2D eigenvalue weighted by Gasteiger charge is -2.45. The summed E-state index contributed by atoms with van der Waals surface area (Å²) in [4.78, 5) is 34.6. The maximum absolute atomic E-state index is 12.7. The van der Waals surface area contributed by atoms with E-state index in [1.807, 2.05) is 56.5 Å². The van der Waals surface area contributed by atoms with Gasteiger partial charge in [0.1, 0.15) is 17.2 Å². The Labute approximate surface area is 171 Å². The molecule has 1 aromatic carbocycles. The van der Waals surface area contributed by atoms with Crippen molar-refractivity contribution < 1.29 is 14.7 Å². The Hall–Kier alpha value is -2.26. The van der Waals surface area contributed by atoms with Crippen LogP contribution in [0.15, 0.2) is 41.6 Å². The van der Waals surface area contributed by atoms with Gasteiger partial charge in [0.2, 0.25) is 5.91 Å². The average molecular weight is 416 g/mol. The van der Waals surface area contributed by atoms with Crippen molar-refractivity contribution >= 4 is 41.2 Å². The van der Waals surface area contributed by atoms with E-state index in [4.69, 9.17) is 0 Å². The van der Waals surface area contributed by atoms with Gasteiger partial charge in [-0.1, -0.05) is 42.1 Å². The number of carboxylic acids is 1. The monoisotopic (exact) mass is 415 g/mol. The molecule has 7 nitrogen and oxygen atoms in total. The molecule has 1 N–H and O–H groups in total. The summed E-state index contributed by atoms with van der Waals surface area (Å²) in [5, 5.41) is 15.1. The lowest BCUT2D eigenvalue weighted by molar-refractivity contribution is -0.312. The van der Waals surface area contributed by atoms with E-state index in [1.54, 1.807) is 0 Å². The molecule has 1 aromatic heterocycles. The van der Waals surface area contributed by atoms with Gasteiger partial charge in [-0.2, -0.15) is 0 Å². The smallest absolute Gasteiger partial charge is 0.249 e. The van der Waals surface area contributed by atoms with Crippen molar-refractivity contribution in [2.75, 3.05) is 11.6 Å². The summed E-state index contributed by atoms with van der Waals surface area (Å²) in [5.74, 6) is -0.917. The number of amides is 1. The van der Waals surface area contributed by atoms with Gasteiger partial charge in [-0.25, -0.2) is 9.97 Å². The van der Waals surface area contributed by atoms with Crippen LogP contribution in [0.5, 0.6) is 0 Å². The number of nitrogens with one attached hydrogen (secondary N) is 1. The minimum absolute atomic E-state index is 0.247. The van der Waals surface area contributed by atoms with Crippen LogP contribution in [0.4, 0.5) is 5.82 Å². The molecular weight excluding hydrogens is 396 g/mol. The van der Waals surface area contributed by atoms with Crippen molar-refractivity contribution in [1.29, 1.82) is 0 Å². The second-order valence-corrected chi connectivity index (χ2v) is 9.74. The van der Waals surface area contributed by atoms with E-state index in [1.165, 1.54) is 28.4 Å². The van der Waals surface area contributed by atoms with E-state index in [9.17, 15) is 14.7 Å². The SMILES string of the molecule is CSc1nc(N[C@@H]2C(=O)N3[C@@H](C(=O)[O-])C(C)(C)S[C@@H]23)cc(-c2ccccc2)n1. The van der Waals surface area contributed by atoms with Crippen molar-refractivity contribution in [1.82, 2.24) is 14.9 Å². The second-order valence-electron chi connectivity index (χ2n) is 7.19. The topological polar surface area (TPSA) is 98.2 Å². The van der Waals surface area contributed by atoms with Gasteiger partial charge in [-0.15, -0.1) is 11.8 Å². The number of fused-ring (bicyclic) bond motifs is 1. The van der Waals surface area contributed by atoms with Gasteiger partial charge < -0.3 is 20.1 Å². The first-order valence-corrected chi connectivity index (χ1v) is 10.9. The number of benzene rings is 1. The fourth-order valence-corrected chi connectivity index (χ4v) is 5.63. The first kappa shape index (κ1) is 19.1. The Morgan fingerprint density at radius 3 is 2.64 bits per heavy atom. The Kier molecular flexibility index (Phi) is 4.75. The Balaban J connectivity index is 1.61. The number of carbonyl (C=O) groups excluding carboxylic acids is 2. The number of rotatable bonds is 5. The Morgan fingerprint density at radius 2 is 2.00 bits per heavy atom. The van der Waals surface area contributed by atoms with Gasteiger partial charge >= 0.3 is 0 Å². The molecule has 28 heavy (non-hydrogen) atoms. The quantitative estimate of drug-likeness (QED) is 0.445. The van der Waals surface area contributed by atoms with Crippen LogP contribution in [0.2, 0.25) is 0 Å². The fourth-order valence-electron chi connectivity index (χ4n) is 3.63. The summed E-state index contributed by atoms with van der Waals surface area (Å²) in [7, 11) is 0. The highest BCUT2D eigenvalue weighted by atomic mass is 32.2. The second kappa shape index (κ2) is 6.97. The summed E-state index contributed by atoms with van der Waals surface area (Å²) in [6, 6.07) is 10.1. The van der Waals surface area contributed by atoms with Crippen LogP contribution in [-0.2, 0) is 9.59 Å². The van der Waals surface area contributed by atoms with Crippen molar-refractivity contribution in [2.45, 2.75) is 41.2 Å². The normalized spacial score (nSPS) is 25.2. The van der Waals surface area contributed by atoms with Crippen LogP contribution in [0.1, 0.15) is 13.8 Å². The number of nitrogens with zero attached hydrogens (tertiary/aromatic N) is 3. The zero-order valence-electron chi connectivity index (χ0n) is 15.6. The van der Waals surface area contributed by atoms with Gasteiger partial charge in [-0.05, 0) is 20.1 Å². The standard InChI is InChI=1S/C19H20N4O3S2/c1-19(2)14(17(25)26)23-15(24)13(16(23)28-19)21-12-9-11(20-18(22-12)27-3)10-7-5-4-6-8-10/h4-9,13-14,16H,1-3H3,(H,25,26)(H,20,21,22)/p-1/t13-,14+,16+/m1/s1. The molecule has 2 aliphatic heterocycles. The molecule has 0 unspecified atom stereocenters. The molecule has 1 amide bonds. The molecule has 2 fully saturated rings. The number of hydrogen-bond donors (Lipinski definition) is 1. The molecular formula is C19H19N4O3S2-. The van der Waals surface area contributed by atoms with Gasteiger partial charge in [0.15, 0.2) is 5.16 Å². The van der Waals surface area contributed by atoms with E-state index in [0.717, 1.165) is 11.3 Å². The molecule has 9 heteroatoms. The molecule has 0 bridgehead atoms. The Bertz CT molecular complexity index is 938. The highest BCUT2D eigenvalue weighted by Crippen LogP contribution is 2.51. The average Bonchev–Trinajstić information content (AvgIpc) is 2.94. The van der Waals surface area contributed by atoms with Crippen LogP contribution in [-0.4, -0.2) is 55.2 Å². The number of hydrogen-bond acceptors (Lipinski definition) is 8. The highest BCUT2D eigenvalue weighted by molar-refractivity contribution is 8.01. The van der Waals surface area contributed by atoms with E-state index < -0.39 is 22.8 Å². The number of β-lactam (4-membered cyclic amide) rings is 1. The Morgan fingerprint density at radius 1 is 1.29 bits per heavy atom. The molecule has 2 aromatic rings. The predicted molar refractivity (Wildman–Crippen MR) is 108 cm³/mol. The zero-order valence-corrected chi connectivity index (χ0v) is 17.2. The van der Waals surface area contributed by atoms with E-state index in [0.29, 0.717) is 11.0 Å². The minimum atomic E-state index is -1.22. The van der Waals surface area contributed by atoms with Crippen molar-refractivity contribution in [3.05, 3.63) is 36.4 Å². The fraction of sp³-hybridized carbons (Fsp3) is 0.368. The molecule has 2 saturated heterocycles. The van der Waals surface area contributed by atoms with Gasteiger partial charge in [0.25, 0.3) is 0 Å². The zero-order chi connectivity index (χ0) is 20.1. The number of thioether (sulfide) groups is 2. The third-order valence-corrected chi connectivity index (χ3v) is 7.04. The van der Waals surface area contributed by atoms with Crippen LogP contribution < -0.4 is 10.4 Å². The van der Waals surface area contributed by atoms with Crippen LogP contribution in [0.25, 0.3) is 11.3 Å². The number of carboxylic acid groups (broad SMARTS) is 1. The molecule has 146 valence electrons. The number of aromatic nitrogens is 2. The summed E-state index contributed by atoms with van der Waals surface area (Å²) in [6.45, 7) is 3.65. The predicted octanol–water partition coefficient (Wildman–Crippen LogP) is 1.46. The summed E-state index contributed by atoms with van der Waals surface area (Å²) in [6.07, 6.45) is 1.89. The first-order valence-electron chi connectivity index (χ1n) is 8.78. The van der Waals surface area contributed by atoms with Crippen molar-refractivity contribution in [2.24, 2.45) is 0 Å². The highest BCUT2D eigenvalue weighted by Gasteiger charge is 2.61. The van der Waals surface area contributed by atoms with Gasteiger partial charge in [0.05, 0.1) is 17.7 Å². The summed E-state index contributed by atoms with van der Waals surface area (Å²) >= 11 is 2.89. The van der Waals surface area contributed by atoms with Crippen LogP contribution in [0, 0.1) is 0 Å². The van der Waals surface area contributed by atoms with Crippen LogP contribution in [0.3, 0.4) is 0 Å². The van der Waals surface area contributed by atoms with Gasteiger partial charge in [-0.3, -0.25) is 4.79 Å². The van der Waals surface area contributed by atoms with E-state index in [-0.39, 0.29) is 11.3 Å². The molecule has 2 aliphatic rings. The molecule has 0 spiro atoms. The minimum Gasteiger partial charge on any atom is -0.548 e. The summed E-state index contributed by atoms with van der Waals surface area (Å²) in [5.41, 5.74) is 1.72. The molecule has 3 atom stereocenters. The number of aliphatic carboxylic acids is 1. The molecule has 4 rings (SSSR count). The maximum atomic E-state index is 12.7. The first-order chi connectivity index (χ1) is 13.3. The third kappa shape index (κ3) is 3.12.